The Hall–Kier alpha value is -1.84. The van der Waals surface area contributed by atoms with Crippen molar-refractivity contribution < 1.29 is 0 Å². The van der Waals surface area contributed by atoms with Crippen LogP contribution in [0.1, 0.15) is 25.0 Å². The van der Waals surface area contributed by atoms with Gasteiger partial charge in [-0.1, -0.05) is 11.6 Å². The fourth-order valence-corrected chi connectivity index (χ4v) is 1.37. The summed E-state index contributed by atoms with van der Waals surface area (Å²) in [6.07, 6.45) is 1.96. The number of benzene rings is 1. The van der Waals surface area contributed by atoms with Gasteiger partial charge in [-0.2, -0.15) is 0 Å². The first-order chi connectivity index (χ1) is 7.36. The molecule has 0 radical (unpaired) electrons. The molecule has 1 aromatic carbocycles. The minimum Gasteiger partial charge on any atom is -0.285 e. The van der Waals surface area contributed by atoms with E-state index >= 15 is 0 Å². The van der Waals surface area contributed by atoms with Gasteiger partial charge in [-0.05, 0) is 27.2 Å². The average Bonchev–Trinajstić information content (AvgIpc) is 2.23. The van der Waals surface area contributed by atoms with Crippen molar-refractivity contribution in [2.45, 2.75) is 27.2 Å². The van der Waals surface area contributed by atoms with Crippen molar-refractivity contribution in [3.8, 4) is 0 Å². The van der Waals surface area contributed by atoms with Gasteiger partial charge in [0.15, 0.2) is 0 Å². The van der Waals surface area contributed by atoms with E-state index in [1.54, 1.807) is 6.08 Å². The van der Waals surface area contributed by atoms with Crippen LogP contribution in [0.3, 0.4) is 0 Å². The first-order valence-electron chi connectivity index (χ1n) is 4.87. The van der Waals surface area contributed by atoms with Gasteiger partial charge in [0.1, 0.15) is 0 Å². The summed E-state index contributed by atoms with van der Waals surface area (Å²) in [7, 11) is 0. The number of allylic oxidation sites excluding steroid dienone is 2. The van der Waals surface area contributed by atoms with E-state index in [4.69, 9.17) is 0 Å². The van der Waals surface area contributed by atoms with Crippen LogP contribution in [0.2, 0.25) is 0 Å². The largest absolute Gasteiger partial charge is 0.285 e. The van der Waals surface area contributed by atoms with Crippen LogP contribution in [0.15, 0.2) is 30.8 Å². The highest BCUT2D eigenvalue weighted by molar-refractivity contribution is 5.28. The fourth-order valence-electron chi connectivity index (χ4n) is 1.37. The quantitative estimate of drug-likeness (QED) is 0.512. The van der Waals surface area contributed by atoms with Crippen LogP contribution < -0.4 is 21.7 Å². The Bertz CT molecular complexity index is 639. The van der Waals surface area contributed by atoms with Gasteiger partial charge < -0.3 is 0 Å². The Balaban J connectivity index is 3.60. The third-order valence-corrected chi connectivity index (χ3v) is 2.40. The lowest BCUT2D eigenvalue weighted by Crippen LogP contribution is -2.49. The number of hydrogen-bond donors (Lipinski definition) is 0. The minimum absolute atomic E-state index is 0.0899. The van der Waals surface area contributed by atoms with Crippen molar-refractivity contribution in [2.75, 3.05) is 0 Å². The molecule has 0 amide bonds. The third kappa shape index (κ3) is 2.05. The normalized spacial score (nSPS) is 10.2. The molecule has 0 N–H and O–H groups in total. The van der Waals surface area contributed by atoms with Crippen molar-refractivity contribution in [1.29, 1.82) is 0 Å². The first-order valence-corrected chi connectivity index (χ1v) is 4.87. The molecule has 0 saturated heterocycles. The van der Waals surface area contributed by atoms with Gasteiger partial charge in [-0.25, -0.2) is 0 Å². The SMILES string of the molecule is CC(C)=CCc1c(C)c(=O)c(=O)c(=O)c1=O. The van der Waals surface area contributed by atoms with E-state index < -0.39 is 21.7 Å². The van der Waals surface area contributed by atoms with Crippen molar-refractivity contribution in [3.63, 3.8) is 0 Å². The molecule has 16 heavy (non-hydrogen) atoms. The van der Waals surface area contributed by atoms with Gasteiger partial charge in [0.2, 0.25) is 10.9 Å². The maximum Gasteiger partial charge on any atom is 0.277 e. The Labute approximate surface area is 91.6 Å². The van der Waals surface area contributed by atoms with E-state index in [1.165, 1.54) is 6.92 Å². The molecular formula is C12H12O4. The molecule has 0 fully saturated rings. The van der Waals surface area contributed by atoms with Crippen LogP contribution in [0, 0.1) is 6.92 Å². The molecule has 0 atom stereocenters. The van der Waals surface area contributed by atoms with Crippen LogP contribution in [-0.2, 0) is 6.42 Å². The first kappa shape index (κ1) is 12.2. The summed E-state index contributed by atoms with van der Waals surface area (Å²) in [5.74, 6) is 0. The zero-order chi connectivity index (χ0) is 12.5. The Morgan fingerprint density at radius 1 is 0.938 bits per heavy atom. The molecule has 1 rings (SSSR count). The molecule has 0 heterocycles. The predicted octanol–water partition coefficient (Wildman–Crippen LogP) is -0.180. The van der Waals surface area contributed by atoms with E-state index in [-0.39, 0.29) is 17.5 Å². The summed E-state index contributed by atoms with van der Waals surface area (Å²) in [4.78, 5) is 45.1. The molecule has 0 spiro atoms. The third-order valence-electron chi connectivity index (χ3n) is 2.40. The Morgan fingerprint density at radius 3 is 1.94 bits per heavy atom. The van der Waals surface area contributed by atoms with Gasteiger partial charge in [-0.3, -0.25) is 19.2 Å². The number of rotatable bonds is 2. The predicted molar refractivity (Wildman–Crippen MR) is 61.8 cm³/mol. The Kier molecular flexibility index (Phi) is 3.32. The summed E-state index contributed by atoms with van der Waals surface area (Å²) in [6.45, 7) is 5.09. The lowest BCUT2D eigenvalue weighted by Gasteiger charge is -1.98. The molecule has 0 aliphatic carbocycles. The van der Waals surface area contributed by atoms with Gasteiger partial charge >= 0.3 is 0 Å². The van der Waals surface area contributed by atoms with Crippen LogP contribution in [0.5, 0.6) is 0 Å². The van der Waals surface area contributed by atoms with E-state index in [9.17, 15) is 19.2 Å². The van der Waals surface area contributed by atoms with Crippen LogP contribution in [0.4, 0.5) is 0 Å². The van der Waals surface area contributed by atoms with E-state index in [0.29, 0.717) is 0 Å². The monoisotopic (exact) mass is 220 g/mol. The molecule has 0 aliphatic heterocycles. The topological polar surface area (TPSA) is 68.3 Å². The van der Waals surface area contributed by atoms with Crippen molar-refractivity contribution >= 4 is 0 Å². The summed E-state index contributed by atoms with van der Waals surface area (Å²) in [6, 6.07) is 0. The highest BCUT2D eigenvalue weighted by atomic mass is 16.2. The highest BCUT2D eigenvalue weighted by Gasteiger charge is 2.14. The van der Waals surface area contributed by atoms with Crippen molar-refractivity contribution in [1.82, 2.24) is 0 Å². The molecule has 0 bridgehead atoms. The average molecular weight is 220 g/mol. The molecule has 1 aromatic rings. The van der Waals surface area contributed by atoms with Gasteiger partial charge in [-0.15, -0.1) is 0 Å². The molecule has 0 unspecified atom stereocenters. The van der Waals surface area contributed by atoms with E-state index in [2.05, 4.69) is 0 Å². The van der Waals surface area contributed by atoms with Crippen molar-refractivity contribution in [2.24, 2.45) is 0 Å². The number of hydrogen-bond acceptors (Lipinski definition) is 4. The standard InChI is InChI=1S/C12H12O4/c1-6(2)4-5-8-7(3)9(13)11(15)12(16)10(8)14/h4H,5H2,1-3H3. The summed E-state index contributed by atoms with van der Waals surface area (Å²) < 4.78 is 0. The Morgan fingerprint density at radius 2 is 1.44 bits per heavy atom. The van der Waals surface area contributed by atoms with Crippen LogP contribution in [0.25, 0.3) is 0 Å². The lowest BCUT2D eigenvalue weighted by atomic mass is 10.0. The van der Waals surface area contributed by atoms with Gasteiger partial charge in [0.05, 0.1) is 0 Å². The minimum atomic E-state index is -1.22. The zero-order valence-electron chi connectivity index (χ0n) is 9.42. The summed E-state index contributed by atoms with van der Waals surface area (Å²) >= 11 is 0. The van der Waals surface area contributed by atoms with Gasteiger partial charge in [0.25, 0.3) is 10.9 Å². The van der Waals surface area contributed by atoms with Crippen molar-refractivity contribution in [3.05, 3.63) is 63.7 Å². The summed E-state index contributed by atoms with van der Waals surface area (Å²) in [5, 5.41) is 0. The lowest BCUT2D eigenvalue weighted by molar-refractivity contribution is 1.11. The maximum atomic E-state index is 11.5. The molecular weight excluding hydrogens is 208 g/mol. The van der Waals surface area contributed by atoms with Crippen LogP contribution in [-0.4, -0.2) is 0 Å². The second kappa shape index (κ2) is 4.35. The highest BCUT2D eigenvalue weighted by Crippen LogP contribution is 1.99. The zero-order valence-corrected chi connectivity index (χ0v) is 9.42. The second-order valence-corrected chi connectivity index (χ2v) is 3.91. The molecule has 4 heteroatoms. The smallest absolute Gasteiger partial charge is 0.277 e. The molecule has 4 nitrogen and oxygen atoms in total. The fraction of sp³-hybridized carbons (Fsp3) is 0.333. The maximum absolute atomic E-state index is 11.5. The molecule has 0 aliphatic rings. The molecule has 0 aromatic heterocycles. The molecule has 84 valence electrons. The molecule has 0 saturated carbocycles. The second-order valence-electron chi connectivity index (χ2n) is 3.91. The van der Waals surface area contributed by atoms with E-state index in [0.717, 1.165) is 5.57 Å². The van der Waals surface area contributed by atoms with Gasteiger partial charge in [0, 0.05) is 11.1 Å². The van der Waals surface area contributed by atoms with Crippen LogP contribution >= 0.6 is 0 Å². The summed E-state index contributed by atoms with van der Waals surface area (Å²) in [5.41, 5.74) is -2.94. The van der Waals surface area contributed by atoms with E-state index in [1.807, 2.05) is 13.8 Å².